The second-order valence-corrected chi connectivity index (χ2v) is 5.75. The van der Waals surface area contributed by atoms with Crippen molar-refractivity contribution in [2.24, 2.45) is 10.7 Å². The van der Waals surface area contributed by atoms with Crippen molar-refractivity contribution in [2.75, 3.05) is 5.32 Å². The number of halogens is 2. The Labute approximate surface area is 118 Å². The molecular weight excluding hydrogens is 285 g/mol. The van der Waals surface area contributed by atoms with E-state index in [1.54, 1.807) is 18.3 Å². The van der Waals surface area contributed by atoms with Gasteiger partial charge in [0.15, 0.2) is 6.29 Å². The molecule has 1 atom stereocenters. The molecule has 3 rings (SSSR count). The predicted molar refractivity (Wildman–Crippen MR) is 78.7 cm³/mol. The van der Waals surface area contributed by atoms with Crippen LogP contribution in [0.25, 0.3) is 10.4 Å². The molecule has 0 fully saturated rings. The maximum Gasteiger partial charge on any atom is 0.171 e. The van der Waals surface area contributed by atoms with E-state index in [-0.39, 0.29) is 5.82 Å². The van der Waals surface area contributed by atoms with Crippen LogP contribution < -0.4 is 11.1 Å². The van der Waals surface area contributed by atoms with Crippen LogP contribution in [0, 0.1) is 12.7 Å². The average molecular weight is 296 g/mol. The summed E-state index contributed by atoms with van der Waals surface area (Å²) in [5.74, 6) is -0.324. The smallest absolute Gasteiger partial charge is 0.171 e. The van der Waals surface area contributed by atoms with Gasteiger partial charge in [0.2, 0.25) is 0 Å². The Hall–Kier alpha value is -1.43. The summed E-state index contributed by atoms with van der Waals surface area (Å²) in [4.78, 5) is 4.98. The van der Waals surface area contributed by atoms with E-state index in [0.717, 1.165) is 21.0 Å². The first-order valence-electron chi connectivity index (χ1n) is 5.70. The fraction of sp³-hybridized carbons (Fsp3) is 0.154. The summed E-state index contributed by atoms with van der Waals surface area (Å²) >= 11 is 7.25. The first-order chi connectivity index (χ1) is 9.06. The van der Waals surface area contributed by atoms with Crippen LogP contribution in [0.3, 0.4) is 0 Å². The fourth-order valence-electron chi connectivity index (χ4n) is 2.05. The number of hydrogen-bond donors (Lipinski definition) is 2. The van der Waals surface area contributed by atoms with Crippen LogP contribution in [-0.4, -0.2) is 12.5 Å². The molecular formula is C13H11ClFN3S. The lowest BCUT2D eigenvalue weighted by molar-refractivity contribution is 0.631. The van der Waals surface area contributed by atoms with Gasteiger partial charge in [-0.1, -0.05) is 11.6 Å². The zero-order valence-corrected chi connectivity index (χ0v) is 11.6. The Morgan fingerprint density at radius 2 is 2.26 bits per heavy atom. The van der Waals surface area contributed by atoms with E-state index in [4.69, 9.17) is 17.3 Å². The van der Waals surface area contributed by atoms with Crippen LogP contribution in [0.15, 0.2) is 23.2 Å². The first-order valence-corrected chi connectivity index (χ1v) is 6.90. The number of rotatable bonds is 1. The van der Waals surface area contributed by atoms with E-state index >= 15 is 0 Å². The molecule has 0 spiro atoms. The molecule has 1 aromatic heterocycles. The minimum atomic E-state index is -0.437. The molecule has 0 saturated heterocycles. The van der Waals surface area contributed by atoms with Gasteiger partial charge in [-0.15, -0.1) is 11.3 Å². The van der Waals surface area contributed by atoms with Gasteiger partial charge in [-0.05, 0) is 30.7 Å². The van der Waals surface area contributed by atoms with E-state index in [9.17, 15) is 4.39 Å². The maximum atomic E-state index is 14.0. The minimum absolute atomic E-state index is 0.324. The first kappa shape index (κ1) is 12.6. The lowest BCUT2D eigenvalue weighted by atomic mass is 10.1. The van der Waals surface area contributed by atoms with E-state index in [1.165, 1.54) is 17.4 Å². The van der Waals surface area contributed by atoms with Gasteiger partial charge in [-0.3, -0.25) is 10.7 Å². The van der Waals surface area contributed by atoms with Crippen molar-refractivity contribution < 1.29 is 4.39 Å². The molecule has 0 aliphatic carbocycles. The molecule has 3 N–H and O–H groups in total. The van der Waals surface area contributed by atoms with Gasteiger partial charge < -0.3 is 5.32 Å². The predicted octanol–water partition coefficient (Wildman–Crippen LogP) is 3.60. The molecule has 2 aromatic rings. The van der Waals surface area contributed by atoms with Crippen LogP contribution in [-0.2, 0) is 0 Å². The van der Waals surface area contributed by atoms with Crippen molar-refractivity contribution in [2.45, 2.75) is 13.2 Å². The zero-order valence-electron chi connectivity index (χ0n) is 10.1. The summed E-state index contributed by atoms with van der Waals surface area (Å²) in [6.45, 7) is 1.95. The van der Waals surface area contributed by atoms with Crippen molar-refractivity contribution in [3.63, 3.8) is 0 Å². The third kappa shape index (κ3) is 2.14. The van der Waals surface area contributed by atoms with Crippen LogP contribution >= 0.6 is 22.9 Å². The van der Waals surface area contributed by atoms with Gasteiger partial charge in [-0.25, -0.2) is 4.39 Å². The molecule has 0 radical (unpaired) electrons. The Balaban J connectivity index is 2.14. The van der Waals surface area contributed by atoms with Crippen molar-refractivity contribution >= 4 is 34.2 Å². The fourth-order valence-corrected chi connectivity index (χ4v) is 3.44. The van der Waals surface area contributed by atoms with Gasteiger partial charge in [0.25, 0.3) is 0 Å². The van der Waals surface area contributed by atoms with E-state index in [1.807, 2.05) is 6.92 Å². The summed E-state index contributed by atoms with van der Waals surface area (Å²) < 4.78 is 14.0. The Bertz CT molecular complexity index is 681. The van der Waals surface area contributed by atoms with Gasteiger partial charge >= 0.3 is 0 Å². The number of fused-ring (bicyclic) bond motifs is 1. The number of anilines is 1. The monoisotopic (exact) mass is 295 g/mol. The van der Waals surface area contributed by atoms with Crippen molar-refractivity contribution in [1.29, 1.82) is 0 Å². The number of aliphatic imine (C=N–C) groups is 1. The average Bonchev–Trinajstić information content (AvgIpc) is 2.66. The molecule has 1 unspecified atom stereocenters. The van der Waals surface area contributed by atoms with Gasteiger partial charge in [-0.2, -0.15) is 0 Å². The number of nitrogens with zero attached hydrogens (tertiary/aromatic N) is 1. The third-order valence-electron chi connectivity index (χ3n) is 3.01. The summed E-state index contributed by atoms with van der Waals surface area (Å²) in [6, 6.07) is 4.70. The van der Waals surface area contributed by atoms with Gasteiger partial charge in [0.1, 0.15) is 10.8 Å². The lowest BCUT2D eigenvalue weighted by Gasteiger charge is -2.14. The van der Waals surface area contributed by atoms with Gasteiger partial charge in [0, 0.05) is 27.2 Å². The quantitative estimate of drug-likeness (QED) is 0.844. The van der Waals surface area contributed by atoms with Gasteiger partial charge in [0.05, 0.1) is 0 Å². The molecule has 0 amide bonds. The Kier molecular flexibility index (Phi) is 3.05. The van der Waals surface area contributed by atoms with Crippen molar-refractivity contribution in [3.05, 3.63) is 40.2 Å². The molecule has 19 heavy (non-hydrogen) atoms. The Morgan fingerprint density at radius 1 is 1.47 bits per heavy atom. The van der Waals surface area contributed by atoms with E-state index in [2.05, 4.69) is 10.3 Å². The standard InChI is InChI=1S/C13H11ClFN3S/c1-6-9-5-17-13(16)18-12(9)19-11(6)8-3-2-7(14)4-10(8)15/h2-5,13,18H,16H2,1H3. The highest BCUT2D eigenvalue weighted by Crippen LogP contribution is 2.41. The number of thiophene rings is 1. The summed E-state index contributed by atoms with van der Waals surface area (Å²) in [6.07, 6.45) is 1.30. The maximum absolute atomic E-state index is 14.0. The topological polar surface area (TPSA) is 50.4 Å². The van der Waals surface area contributed by atoms with Crippen LogP contribution in [0.5, 0.6) is 0 Å². The summed E-state index contributed by atoms with van der Waals surface area (Å²) in [5, 5.41) is 4.38. The number of benzene rings is 1. The zero-order chi connectivity index (χ0) is 13.6. The van der Waals surface area contributed by atoms with E-state index < -0.39 is 6.29 Å². The molecule has 1 aromatic carbocycles. The molecule has 2 heterocycles. The molecule has 0 bridgehead atoms. The molecule has 3 nitrogen and oxygen atoms in total. The molecule has 1 aliphatic heterocycles. The van der Waals surface area contributed by atoms with Crippen LogP contribution in [0.4, 0.5) is 9.39 Å². The minimum Gasteiger partial charge on any atom is -0.343 e. The second kappa shape index (κ2) is 4.59. The number of nitrogens with one attached hydrogen (secondary N) is 1. The molecule has 98 valence electrons. The lowest BCUT2D eigenvalue weighted by Crippen LogP contribution is -2.29. The highest BCUT2D eigenvalue weighted by molar-refractivity contribution is 7.20. The summed E-state index contributed by atoms with van der Waals surface area (Å²) in [5.41, 5.74) is 8.21. The van der Waals surface area contributed by atoms with Crippen molar-refractivity contribution in [1.82, 2.24) is 0 Å². The van der Waals surface area contributed by atoms with Crippen LogP contribution in [0.2, 0.25) is 5.02 Å². The number of nitrogens with two attached hydrogens (primary N) is 1. The molecule has 1 aliphatic rings. The largest absolute Gasteiger partial charge is 0.343 e. The van der Waals surface area contributed by atoms with E-state index in [0.29, 0.717) is 10.6 Å². The Morgan fingerprint density at radius 3 is 3.00 bits per heavy atom. The third-order valence-corrected chi connectivity index (χ3v) is 4.52. The highest BCUT2D eigenvalue weighted by Gasteiger charge is 2.20. The molecule has 6 heteroatoms. The molecule has 0 saturated carbocycles. The highest BCUT2D eigenvalue weighted by atomic mass is 35.5. The van der Waals surface area contributed by atoms with Crippen molar-refractivity contribution in [3.8, 4) is 10.4 Å². The normalized spacial score (nSPS) is 17.2. The van der Waals surface area contributed by atoms with Crippen LogP contribution in [0.1, 0.15) is 11.1 Å². The second-order valence-electron chi connectivity index (χ2n) is 4.29. The summed E-state index contributed by atoms with van der Waals surface area (Å²) in [7, 11) is 0. The number of hydrogen-bond acceptors (Lipinski definition) is 4. The SMILES string of the molecule is Cc1c(-c2ccc(Cl)cc2F)sc2c1C=NC(N)N2.